The predicted molar refractivity (Wildman–Crippen MR) is 149 cm³/mol. The summed E-state index contributed by atoms with van der Waals surface area (Å²) in [5, 5.41) is 2.88. The summed E-state index contributed by atoms with van der Waals surface area (Å²) in [5.74, 6) is 1.54. The molecule has 0 spiro atoms. The molecule has 1 aliphatic rings. The van der Waals surface area contributed by atoms with Crippen LogP contribution >= 0.6 is 12.2 Å². The zero-order valence-corrected chi connectivity index (χ0v) is 22.1. The Morgan fingerprint density at radius 1 is 0.972 bits per heavy atom. The van der Waals surface area contributed by atoms with E-state index >= 15 is 0 Å². The Bertz CT molecular complexity index is 1200. The van der Waals surface area contributed by atoms with E-state index in [1.807, 2.05) is 50.2 Å². The van der Waals surface area contributed by atoms with Gasteiger partial charge in [0.15, 0.2) is 18.1 Å². The van der Waals surface area contributed by atoms with E-state index in [-0.39, 0.29) is 12.5 Å². The average molecular weight is 503 g/mol. The zero-order chi connectivity index (χ0) is 25.5. The summed E-state index contributed by atoms with van der Waals surface area (Å²) < 4.78 is 11.3. The Kier molecular flexibility index (Phi) is 8.60. The Morgan fingerprint density at radius 2 is 1.72 bits per heavy atom. The fraction of sp³-hybridized carbons (Fsp3) is 0.333. The lowest BCUT2D eigenvalue weighted by molar-refractivity contribution is -0.118. The van der Waals surface area contributed by atoms with Gasteiger partial charge in [0.1, 0.15) is 4.99 Å². The van der Waals surface area contributed by atoms with Gasteiger partial charge in [-0.25, -0.2) is 0 Å². The van der Waals surface area contributed by atoms with Crippen LogP contribution in [-0.4, -0.2) is 42.6 Å². The van der Waals surface area contributed by atoms with Crippen molar-refractivity contribution in [2.75, 3.05) is 32.1 Å². The lowest BCUT2D eigenvalue weighted by Crippen LogP contribution is -2.38. The number of amides is 1. The molecular formula is C30H34N2O3S. The number of methoxy groups -OCH3 is 1. The van der Waals surface area contributed by atoms with Crippen LogP contribution in [0.25, 0.3) is 0 Å². The van der Waals surface area contributed by atoms with Gasteiger partial charge in [0.25, 0.3) is 5.91 Å². The molecule has 0 saturated carbocycles. The second kappa shape index (κ2) is 12.0. The molecule has 0 aliphatic carbocycles. The number of rotatable bonds is 8. The molecule has 3 aromatic rings. The second-order valence-corrected chi connectivity index (χ2v) is 9.81. The maximum atomic E-state index is 12.4. The first-order chi connectivity index (χ1) is 17.4. The molecule has 1 fully saturated rings. The molecular weight excluding hydrogens is 468 g/mol. The number of anilines is 1. The second-order valence-electron chi connectivity index (χ2n) is 9.43. The van der Waals surface area contributed by atoms with E-state index in [1.165, 1.54) is 11.1 Å². The number of thiocarbonyl (C=S) groups is 1. The van der Waals surface area contributed by atoms with Gasteiger partial charge < -0.3 is 19.7 Å². The van der Waals surface area contributed by atoms with Gasteiger partial charge in [-0.1, -0.05) is 48.6 Å². The average Bonchev–Trinajstić information content (AvgIpc) is 2.90. The van der Waals surface area contributed by atoms with Crippen molar-refractivity contribution in [3.63, 3.8) is 0 Å². The van der Waals surface area contributed by atoms with Crippen LogP contribution in [0.3, 0.4) is 0 Å². The van der Waals surface area contributed by atoms with E-state index in [4.69, 9.17) is 21.7 Å². The van der Waals surface area contributed by atoms with Gasteiger partial charge in [-0.15, -0.1) is 0 Å². The number of hydrogen-bond acceptors (Lipinski definition) is 4. The van der Waals surface area contributed by atoms with Crippen molar-refractivity contribution in [1.29, 1.82) is 0 Å². The maximum Gasteiger partial charge on any atom is 0.262 e. The molecule has 188 valence electrons. The van der Waals surface area contributed by atoms with E-state index in [0.29, 0.717) is 17.4 Å². The van der Waals surface area contributed by atoms with Crippen LogP contribution < -0.4 is 14.8 Å². The molecule has 0 bridgehead atoms. The summed E-state index contributed by atoms with van der Waals surface area (Å²) in [6, 6.07) is 22.2. The van der Waals surface area contributed by atoms with Crippen molar-refractivity contribution in [3.05, 3.63) is 89.0 Å². The summed E-state index contributed by atoms with van der Waals surface area (Å²) >= 11 is 5.82. The first-order valence-electron chi connectivity index (χ1n) is 12.4. The van der Waals surface area contributed by atoms with Crippen LogP contribution in [0, 0.1) is 19.8 Å². The fourth-order valence-corrected chi connectivity index (χ4v) is 4.86. The molecule has 5 nitrogen and oxygen atoms in total. The highest BCUT2D eigenvalue weighted by molar-refractivity contribution is 7.80. The third kappa shape index (κ3) is 6.64. The van der Waals surface area contributed by atoms with Gasteiger partial charge in [0, 0.05) is 24.3 Å². The first kappa shape index (κ1) is 25.7. The minimum absolute atomic E-state index is 0.109. The highest BCUT2D eigenvalue weighted by Gasteiger charge is 2.22. The third-order valence-corrected chi connectivity index (χ3v) is 7.32. The van der Waals surface area contributed by atoms with Crippen molar-refractivity contribution in [1.82, 2.24) is 4.90 Å². The van der Waals surface area contributed by atoms with Gasteiger partial charge >= 0.3 is 0 Å². The number of aryl methyl sites for hydroxylation is 2. The summed E-state index contributed by atoms with van der Waals surface area (Å²) in [6.07, 6.45) is 3.38. The normalized spacial score (nSPS) is 13.8. The molecule has 3 aromatic carbocycles. The quantitative estimate of drug-likeness (QED) is 0.385. The van der Waals surface area contributed by atoms with Crippen LogP contribution in [0.15, 0.2) is 66.7 Å². The number of ether oxygens (including phenoxy) is 2. The van der Waals surface area contributed by atoms with Crippen molar-refractivity contribution < 1.29 is 14.3 Å². The minimum Gasteiger partial charge on any atom is -0.493 e. The molecule has 1 heterocycles. The molecule has 1 amide bonds. The molecule has 1 saturated heterocycles. The van der Waals surface area contributed by atoms with Crippen LogP contribution in [0.5, 0.6) is 11.5 Å². The number of likely N-dealkylation sites (tertiary alicyclic amines) is 1. The number of piperidine rings is 1. The Balaban J connectivity index is 1.31. The van der Waals surface area contributed by atoms with E-state index in [1.54, 1.807) is 7.11 Å². The van der Waals surface area contributed by atoms with E-state index in [9.17, 15) is 4.79 Å². The third-order valence-electron chi connectivity index (χ3n) is 6.83. The monoisotopic (exact) mass is 502 g/mol. The number of carbonyl (C=O) groups is 1. The van der Waals surface area contributed by atoms with Crippen molar-refractivity contribution in [3.8, 4) is 11.5 Å². The lowest BCUT2D eigenvalue weighted by Gasteiger charge is -2.34. The first-order valence-corrected chi connectivity index (χ1v) is 12.8. The van der Waals surface area contributed by atoms with Gasteiger partial charge in [0.05, 0.1) is 7.11 Å². The highest BCUT2D eigenvalue weighted by atomic mass is 32.1. The lowest BCUT2D eigenvalue weighted by atomic mass is 9.90. The number of hydrogen-bond donors (Lipinski definition) is 1. The van der Waals surface area contributed by atoms with Gasteiger partial charge in [0.2, 0.25) is 0 Å². The highest BCUT2D eigenvalue weighted by Crippen LogP contribution is 2.30. The summed E-state index contributed by atoms with van der Waals surface area (Å²) in [5.41, 5.74) is 5.40. The van der Waals surface area contributed by atoms with Gasteiger partial charge in [-0.2, -0.15) is 0 Å². The minimum atomic E-state index is -0.224. The molecule has 0 atom stereocenters. The van der Waals surface area contributed by atoms with E-state index in [0.717, 1.165) is 54.2 Å². The number of carbonyl (C=O) groups excluding carboxylic acids is 1. The van der Waals surface area contributed by atoms with E-state index in [2.05, 4.69) is 40.5 Å². The smallest absolute Gasteiger partial charge is 0.262 e. The standard InChI is InChI=1S/C30H34N2O3S/c1-21-9-11-26(17-22(21)2)31-29(33)20-35-27-12-10-25(19-28(27)34-3)30(36)32-15-13-24(14-16-32)18-23-7-5-4-6-8-23/h4-12,17,19,24H,13-16,18,20H2,1-3H3,(H,31,33). The number of nitrogens with one attached hydrogen (secondary N) is 1. The summed E-state index contributed by atoms with van der Waals surface area (Å²) in [7, 11) is 1.60. The van der Waals surface area contributed by atoms with Gasteiger partial charge in [-0.05, 0) is 86.1 Å². The van der Waals surface area contributed by atoms with Crippen molar-refractivity contribution >= 4 is 28.8 Å². The van der Waals surface area contributed by atoms with Crippen LogP contribution in [-0.2, 0) is 11.2 Å². The molecule has 4 rings (SSSR count). The molecule has 36 heavy (non-hydrogen) atoms. The zero-order valence-electron chi connectivity index (χ0n) is 21.3. The molecule has 6 heteroatoms. The molecule has 1 N–H and O–H groups in total. The maximum absolute atomic E-state index is 12.4. The largest absolute Gasteiger partial charge is 0.493 e. The molecule has 0 radical (unpaired) electrons. The SMILES string of the molecule is COc1cc(C(=S)N2CCC(Cc3ccccc3)CC2)ccc1OCC(=O)Nc1ccc(C)c(C)c1. The van der Waals surface area contributed by atoms with E-state index < -0.39 is 0 Å². The van der Waals surface area contributed by atoms with Crippen LogP contribution in [0.2, 0.25) is 0 Å². The van der Waals surface area contributed by atoms with Crippen molar-refractivity contribution in [2.24, 2.45) is 5.92 Å². The summed E-state index contributed by atoms with van der Waals surface area (Å²) in [6.45, 7) is 5.86. The van der Waals surface area contributed by atoms with Crippen LogP contribution in [0.1, 0.15) is 35.1 Å². The van der Waals surface area contributed by atoms with Crippen molar-refractivity contribution in [2.45, 2.75) is 33.1 Å². The molecule has 1 aliphatic heterocycles. The summed E-state index contributed by atoms with van der Waals surface area (Å²) in [4.78, 5) is 15.5. The van der Waals surface area contributed by atoms with Crippen LogP contribution in [0.4, 0.5) is 5.69 Å². The topological polar surface area (TPSA) is 50.8 Å². The Hall–Kier alpha value is -3.38. The fourth-order valence-electron chi connectivity index (χ4n) is 4.55. The van der Waals surface area contributed by atoms with Gasteiger partial charge in [-0.3, -0.25) is 4.79 Å². The predicted octanol–water partition coefficient (Wildman–Crippen LogP) is 5.96. The number of nitrogens with zero attached hydrogens (tertiary/aromatic N) is 1. The Labute approximate surface area is 219 Å². The molecule has 0 aromatic heterocycles. The number of benzene rings is 3. The molecule has 0 unspecified atom stereocenters. The Morgan fingerprint density at radius 3 is 2.42 bits per heavy atom.